The van der Waals surface area contributed by atoms with Crippen molar-refractivity contribution in [1.29, 1.82) is 0 Å². The van der Waals surface area contributed by atoms with E-state index >= 15 is 8.78 Å². The molecule has 0 saturated heterocycles. The standard InChI is InChI=1S/C31H37F5N6O6/c1-28(2,3)48-27(45)40-23(15-47-29(4,5)31(34,35)36)21-13-42-24(39-21)11-18(12-38-42)22(14-46-6)37-16-30(32,33)17-41-25(43)19-9-7-8-10-20(19)26(41)44/h7-13,22-23,37H,14-17H2,1-6H3,(H,40,45)/t22-,23+/m1/s1. The third kappa shape index (κ3) is 8.62. The van der Waals surface area contributed by atoms with E-state index in [1.807, 2.05) is 0 Å². The molecular weight excluding hydrogens is 647 g/mol. The lowest BCUT2D eigenvalue weighted by Crippen LogP contribution is -2.46. The van der Waals surface area contributed by atoms with Gasteiger partial charge in [0, 0.05) is 7.11 Å². The molecule has 3 heterocycles. The Morgan fingerprint density at radius 1 is 0.958 bits per heavy atom. The van der Waals surface area contributed by atoms with Gasteiger partial charge in [-0.1, -0.05) is 12.1 Å². The minimum absolute atomic E-state index is 0.0566. The van der Waals surface area contributed by atoms with Crippen molar-refractivity contribution in [2.24, 2.45) is 0 Å². The molecule has 0 fully saturated rings. The molecule has 0 radical (unpaired) electrons. The van der Waals surface area contributed by atoms with E-state index in [2.05, 4.69) is 20.7 Å². The first-order valence-corrected chi connectivity index (χ1v) is 14.8. The van der Waals surface area contributed by atoms with Crippen molar-refractivity contribution in [2.75, 3.05) is 33.4 Å². The molecule has 4 rings (SSSR count). The van der Waals surface area contributed by atoms with E-state index in [0.717, 1.165) is 13.8 Å². The molecule has 3 amide bonds. The maximum Gasteiger partial charge on any atom is 0.416 e. The van der Waals surface area contributed by atoms with Gasteiger partial charge in [0.15, 0.2) is 11.2 Å². The first-order chi connectivity index (χ1) is 22.2. The number of carbonyl (C=O) groups is 3. The number of ether oxygens (including phenoxy) is 3. The zero-order valence-corrected chi connectivity index (χ0v) is 27.2. The van der Waals surface area contributed by atoms with Crippen molar-refractivity contribution in [1.82, 2.24) is 30.1 Å². The van der Waals surface area contributed by atoms with E-state index < -0.39 is 73.0 Å². The first kappa shape index (κ1) is 36.6. The van der Waals surface area contributed by atoms with E-state index in [1.165, 1.54) is 54.4 Å². The number of hydrogen-bond donors (Lipinski definition) is 2. The molecule has 2 aromatic heterocycles. The molecule has 1 aliphatic heterocycles. The van der Waals surface area contributed by atoms with E-state index in [-0.39, 0.29) is 29.1 Å². The summed E-state index contributed by atoms with van der Waals surface area (Å²) in [4.78, 5) is 42.7. The largest absolute Gasteiger partial charge is 0.444 e. The molecule has 3 aromatic rings. The number of fused-ring (bicyclic) bond motifs is 2. The van der Waals surface area contributed by atoms with Crippen molar-refractivity contribution in [3.05, 3.63) is 65.1 Å². The van der Waals surface area contributed by atoms with Gasteiger partial charge in [0.25, 0.3) is 17.7 Å². The molecule has 0 aliphatic carbocycles. The van der Waals surface area contributed by atoms with Crippen LogP contribution < -0.4 is 10.6 Å². The number of halogens is 5. The van der Waals surface area contributed by atoms with Gasteiger partial charge in [-0.2, -0.15) is 18.3 Å². The number of nitrogens with one attached hydrogen (secondary N) is 2. The summed E-state index contributed by atoms with van der Waals surface area (Å²) in [6.07, 6.45) is -2.89. The van der Waals surface area contributed by atoms with Crippen molar-refractivity contribution in [2.45, 2.75) is 70.0 Å². The highest BCUT2D eigenvalue weighted by molar-refractivity contribution is 6.21. The minimum atomic E-state index is -4.70. The third-order valence-electron chi connectivity index (χ3n) is 7.31. The van der Waals surface area contributed by atoms with Crippen molar-refractivity contribution >= 4 is 23.6 Å². The highest BCUT2D eigenvalue weighted by Crippen LogP contribution is 2.34. The lowest BCUT2D eigenvalue weighted by Gasteiger charge is -2.30. The smallest absolute Gasteiger partial charge is 0.416 e. The number of amides is 3. The van der Waals surface area contributed by atoms with Gasteiger partial charge in [-0.15, -0.1) is 0 Å². The monoisotopic (exact) mass is 684 g/mol. The summed E-state index contributed by atoms with van der Waals surface area (Å²) >= 11 is 0. The number of alkyl carbamates (subject to hydrolysis) is 1. The average molecular weight is 685 g/mol. The molecule has 2 atom stereocenters. The molecule has 262 valence electrons. The van der Waals surface area contributed by atoms with Crippen LogP contribution >= 0.6 is 0 Å². The second-order valence-corrected chi connectivity index (χ2v) is 12.8. The van der Waals surface area contributed by atoms with Gasteiger partial charge < -0.3 is 24.8 Å². The van der Waals surface area contributed by atoms with Gasteiger partial charge in [0.05, 0.1) is 67.6 Å². The van der Waals surface area contributed by atoms with Crippen LogP contribution in [0.2, 0.25) is 0 Å². The molecule has 0 saturated carbocycles. The summed E-state index contributed by atoms with van der Waals surface area (Å²) in [7, 11) is 1.36. The van der Waals surface area contributed by atoms with Gasteiger partial charge in [-0.25, -0.2) is 23.1 Å². The molecule has 1 aromatic carbocycles. The fraction of sp³-hybridized carbons (Fsp3) is 0.516. The Labute approximate surface area is 272 Å². The Morgan fingerprint density at radius 2 is 1.58 bits per heavy atom. The van der Waals surface area contributed by atoms with E-state index in [9.17, 15) is 27.6 Å². The molecule has 17 heteroatoms. The number of rotatable bonds is 13. The topological polar surface area (TPSA) is 136 Å². The van der Waals surface area contributed by atoms with Crippen molar-refractivity contribution < 1.29 is 50.5 Å². The highest BCUT2D eigenvalue weighted by atomic mass is 19.4. The zero-order valence-electron chi connectivity index (χ0n) is 27.2. The Bertz CT molecular complexity index is 1620. The molecule has 0 unspecified atom stereocenters. The number of benzene rings is 1. The number of aromatic nitrogens is 3. The predicted molar refractivity (Wildman–Crippen MR) is 161 cm³/mol. The van der Waals surface area contributed by atoms with Gasteiger partial charge in [0.2, 0.25) is 0 Å². The summed E-state index contributed by atoms with van der Waals surface area (Å²) in [6.45, 7) is 3.75. The second kappa shape index (κ2) is 13.7. The van der Waals surface area contributed by atoms with Crippen LogP contribution in [0.15, 0.2) is 42.7 Å². The van der Waals surface area contributed by atoms with E-state index in [0.29, 0.717) is 10.5 Å². The molecule has 48 heavy (non-hydrogen) atoms. The molecule has 0 spiro atoms. The number of hydrogen-bond acceptors (Lipinski definition) is 9. The normalized spacial score (nSPS) is 15.5. The van der Waals surface area contributed by atoms with Crippen molar-refractivity contribution in [3.63, 3.8) is 0 Å². The van der Waals surface area contributed by atoms with Crippen LogP contribution in [-0.4, -0.2) is 94.1 Å². The molecule has 0 bridgehead atoms. The average Bonchev–Trinajstić information content (AvgIpc) is 3.50. The molecule has 2 N–H and O–H groups in total. The molecule has 12 nitrogen and oxygen atoms in total. The molecule has 1 aliphatic rings. The van der Waals surface area contributed by atoms with Crippen molar-refractivity contribution in [3.8, 4) is 0 Å². The zero-order chi connectivity index (χ0) is 35.7. The number of alkyl halides is 5. The SMILES string of the molecule is COC[C@@H](NCC(F)(F)CN1C(=O)c2ccccc2C1=O)c1cnn2cc([C@H](COC(C)(C)C(F)(F)F)NC(=O)OC(C)(C)C)nc2c1. The quantitative estimate of drug-likeness (QED) is 0.191. The van der Waals surface area contributed by atoms with Gasteiger partial charge >= 0.3 is 12.3 Å². The number of nitrogens with zero attached hydrogens (tertiary/aromatic N) is 4. The second-order valence-electron chi connectivity index (χ2n) is 12.8. The van der Waals surface area contributed by atoms with E-state index in [1.54, 1.807) is 20.8 Å². The number of imidazole rings is 1. The predicted octanol–water partition coefficient (Wildman–Crippen LogP) is 4.86. The fourth-order valence-electron chi connectivity index (χ4n) is 4.67. The minimum Gasteiger partial charge on any atom is -0.444 e. The summed E-state index contributed by atoms with van der Waals surface area (Å²) in [6, 6.07) is 5.33. The van der Waals surface area contributed by atoms with Gasteiger partial charge in [-0.3, -0.25) is 14.5 Å². The summed E-state index contributed by atoms with van der Waals surface area (Å²) in [5, 5.41) is 9.43. The summed E-state index contributed by atoms with van der Waals surface area (Å²) < 4.78 is 87.7. The van der Waals surface area contributed by atoms with Crippen LogP contribution in [-0.2, 0) is 14.2 Å². The molecular formula is C31H37F5N6O6. The lowest BCUT2D eigenvalue weighted by atomic mass is 10.1. The first-order valence-electron chi connectivity index (χ1n) is 14.8. The fourth-order valence-corrected chi connectivity index (χ4v) is 4.67. The van der Waals surface area contributed by atoms with Gasteiger partial charge in [-0.05, 0) is 58.4 Å². The van der Waals surface area contributed by atoms with Gasteiger partial charge in [0.1, 0.15) is 5.60 Å². The Kier molecular flexibility index (Phi) is 10.5. The number of carbonyl (C=O) groups excluding carboxylic acids is 3. The van der Waals surface area contributed by atoms with E-state index in [4.69, 9.17) is 14.2 Å². The summed E-state index contributed by atoms with van der Waals surface area (Å²) in [5.74, 6) is -5.14. The highest BCUT2D eigenvalue weighted by Gasteiger charge is 2.49. The Balaban J connectivity index is 1.52. The lowest BCUT2D eigenvalue weighted by molar-refractivity contribution is -0.265. The van der Waals surface area contributed by atoms with Crippen LogP contribution in [0.25, 0.3) is 5.65 Å². The summed E-state index contributed by atoms with van der Waals surface area (Å²) in [5.41, 5.74) is -2.71. The maximum absolute atomic E-state index is 15.1. The Morgan fingerprint density at radius 3 is 2.15 bits per heavy atom. The van der Waals surface area contributed by atoms with Crippen LogP contribution in [0.5, 0.6) is 0 Å². The van der Waals surface area contributed by atoms with Crippen LogP contribution in [0.1, 0.15) is 78.7 Å². The maximum atomic E-state index is 15.1. The Hall–Kier alpha value is -4.22. The van der Waals surface area contributed by atoms with Crippen LogP contribution in [0.3, 0.4) is 0 Å². The number of methoxy groups -OCH3 is 1. The third-order valence-corrected chi connectivity index (χ3v) is 7.31. The van der Waals surface area contributed by atoms with Crippen LogP contribution in [0, 0.1) is 0 Å². The van der Waals surface area contributed by atoms with Crippen LogP contribution in [0.4, 0.5) is 26.7 Å². The number of imide groups is 1.